The van der Waals surface area contributed by atoms with Crippen molar-refractivity contribution >= 4 is 17.5 Å². The maximum absolute atomic E-state index is 11.9. The van der Waals surface area contributed by atoms with Gasteiger partial charge in [-0.2, -0.15) is 0 Å². The number of nitrogens with zero attached hydrogens (tertiary/aromatic N) is 2. The molecule has 1 saturated heterocycles. The summed E-state index contributed by atoms with van der Waals surface area (Å²) in [5.41, 5.74) is 0.794. The van der Waals surface area contributed by atoms with Crippen LogP contribution in [0.15, 0.2) is 18.3 Å². The molecule has 2 N–H and O–H groups in total. The van der Waals surface area contributed by atoms with Gasteiger partial charge in [-0.3, -0.25) is 0 Å². The lowest BCUT2D eigenvalue weighted by molar-refractivity contribution is 0.252. The van der Waals surface area contributed by atoms with Crippen molar-refractivity contribution in [1.29, 1.82) is 0 Å². The first-order valence-electron chi connectivity index (χ1n) is 7.56. The van der Waals surface area contributed by atoms with Gasteiger partial charge in [-0.15, -0.1) is 0 Å². The zero-order chi connectivity index (χ0) is 14.2. The van der Waals surface area contributed by atoms with E-state index in [-0.39, 0.29) is 6.03 Å². The average Bonchev–Trinajstić information content (AvgIpc) is 2.98. The summed E-state index contributed by atoms with van der Waals surface area (Å²) in [5.74, 6) is 0.883. The molecule has 0 aromatic carbocycles. The van der Waals surface area contributed by atoms with E-state index in [1.54, 1.807) is 6.20 Å². The van der Waals surface area contributed by atoms with Crippen LogP contribution in [0.5, 0.6) is 0 Å². The first-order valence-corrected chi connectivity index (χ1v) is 7.56. The quantitative estimate of drug-likeness (QED) is 0.785. The Labute approximate surface area is 120 Å². The number of unbranched alkanes of at least 4 members (excludes halogenated alkanes) is 2. The first kappa shape index (κ1) is 14.6. The van der Waals surface area contributed by atoms with E-state index in [9.17, 15) is 4.79 Å². The monoisotopic (exact) mass is 276 g/mol. The Kier molecular flexibility index (Phi) is 5.65. The van der Waals surface area contributed by atoms with Crippen LogP contribution in [-0.4, -0.2) is 30.6 Å². The van der Waals surface area contributed by atoms with Crippen molar-refractivity contribution in [3.05, 3.63) is 18.3 Å². The normalized spacial score (nSPS) is 14.3. The summed E-state index contributed by atoms with van der Waals surface area (Å²) in [4.78, 5) is 18.5. The number of carbonyl (C=O) groups excluding carboxylic acids is 1. The SMILES string of the molecule is CCCCCNC(=O)Nc1cccnc1N1CCCC1. The van der Waals surface area contributed by atoms with Gasteiger partial charge in [0.1, 0.15) is 0 Å². The molecule has 5 nitrogen and oxygen atoms in total. The third kappa shape index (κ3) is 4.11. The Morgan fingerprint density at radius 2 is 2.15 bits per heavy atom. The molecule has 5 heteroatoms. The molecule has 1 aliphatic rings. The second-order valence-electron chi connectivity index (χ2n) is 5.16. The highest BCUT2D eigenvalue weighted by Gasteiger charge is 2.17. The number of hydrogen-bond donors (Lipinski definition) is 2. The van der Waals surface area contributed by atoms with Crippen LogP contribution in [0.3, 0.4) is 0 Å². The van der Waals surface area contributed by atoms with Gasteiger partial charge in [0.05, 0.1) is 5.69 Å². The lowest BCUT2D eigenvalue weighted by Crippen LogP contribution is -2.30. The summed E-state index contributed by atoms with van der Waals surface area (Å²) in [6.07, 6.45) is 7.49. The number of hydrogen-bond acceptors (Lipinski definition) is 3. The molecule has 20 heavy (non-hydrogen) atoms. The van der Waals surface area contributed by atoms with Crippen LogP contribution in [-0.2, 0) is 0 Å². The van der Waals surface area contributed by atoms with Gasteiger partial charge in [-0.25, -0.2) is 9.78 Å². The molecule has 0 radical (unpaired) electrons. The Hall–Kier alpha value is -1.78. The minimum absolute atomic E-state index is 0.144. The van der Waals surface area contributed by atoms with Crippen molar-refractivity contribution in [3.8, 4) is 0 Å². The molecule has 1 aromatic rings. The summed E-state index contributed by atoms with van der Waals surface area (Å²) in [5, 5.41) is 5.80. The van der Waals surface area contributed by atoms with Crippen molar-refractivity contribution in [1.82, 2.24) is 10.3 Å². The summed E-state index contributed by atoms with van der Waals surface area (Å²) in [6, 6.07) is 3.62. The van der Waals surface area contributed by atoms with Crippen LogP contribution in [0.25, 0.3) is 0 Å². The predicted molar refractivity (Wildman–Crippen MR) is 82.2 cm³/mol. The minimum Gasteiger partial charge on any atom is -0.355 e. The molecule has 0 spiro atoms. The fraction of sp³-hybridized carbons (Fsp3) is 0.600. The molecule has 0 unspecified atom stereocenters. The van der Waals surface area contributed by atoms with E-state index in [1.807, 2.05) is 12.1 Å². The van der Waals surface area contributed by atoms with Crippen molar-refractivity contribution in [2.24, 2.45) is 0 Å². The third-order valence-corrected chi connectivity index (χ3v) is 3.51. The van der Waals surface area contributed by atoms with Gasteiger partial charge in [0.25, 0.3) is 0 Å². The second-order valence-corrected chi connectivity index (χ2v) is 5.16. The van der Waals surface area contributed by atoms with Gasteiger partial charge in [-0.05, 0) is 31.4 Å². The van der Waals surface area contributed by atoms with E-state index in [0.717, 1.165) is 50.4 Å². The zero-order valence-electron chi connectivity index (χ0n) is 12.2. The van der Waals surface area contributed by atoms with Crippen LogP contribution in [0.4, 0.5) is 16.3 Å². The van der Waals surface area contributed by atoms with E-state index in [0.29, 0.717) is 0 Å². The topological polar surface area (TPSA) is 57.3 Å². The molecule has 110 valence electrons. The van der Waals surface area contributed by atoms with E-state index in [1.165, 1.54) is 12.8 Å². The molecule has 2 amide bonds. The van der Waals surface area contributed by atoms with Gasteiger partial charge in [0.15, 0.2) is 5.82 Å². The highest BCUT2D eigenvalue weighted by Crippen LogP contribution is 2.25. The minimum atomic E-state index is -0.144. The van der Waals surface area contributed by atoms with E-state index in [4.69, 9.17) is 0 Å². The molecular weight excluding hydrogens is 252 g/mol. The maximum atomic E-state index is 11.9. The summed E-state index contributed by atoms with van der Waals surface area (Å²) in [7, 11) is 0. The number of rotatable bonds is 6. The van der Waals surface area contributed by atoms with Crippen LogP contribution >= 0.6 is 0 Å². The van der Waals surface area contributed by atoms with Crippen molar-refractivity contribution < 1.29 is 4.79 Å². The molecule has 0 saturated carbocycles. The third-order valence-electron chi connectivity index (χ3n) is 3.51. The maximum Gasteiger partial charge on any atom is 0.319 e. The standard InChI is InChI=1S/C15H24N4O/c1-2-3-4-9-17-15(20)18-13-8-7-10-16-14(13)19-11-5-6-12-19/h7-8,10H,2-6,9,11-12H2,1H3,(H2,17,18,20). The fourth-order valence-electron chi connectivity index (χ4n) is 2.42. The van der Waals surface area contributed by atoms with Gasteiger partial charge in [0.2, 0.25) is 0 Å². The van der Waals surface area contributed by atoms with Crippen LogP contribution in [0, 0.1) is 0 Å². The molecule has 2 heterocycles. The van der Waals surface area contributed by atoms with Crippen LogP contribution in [0.2, 0.25) is 0 Å². The van der Waals surface area contributed by atoms with Gasteiger partial charge in [0, 0.05) is 25.8 Å². The number of nitrogens with one attached hydrogen (secondary N) is 2. The van der Waals surface area contributed by atoms with E-state index >= 15 is 0 Å². The summed E-state index contributed by atoms with van der Waals surface area (Å²) < 4.78 is 0. The molecular formula is C15H24N4O. The van der Waals surface area contributed by atoms with Crippen molar-refractivity contribution in [3.63, 3.8) is 0 Å². The van der Waals surface area contributed by atoms with Crippen molar-refractivity contribution in [2.45, 2.75) is 39.0 Å². The van der Waals surface area contributed by atoms with E-state index < -0.39 is 0 Å². The van der Waals surface area contributed by atoms with Gasteiger partial charge >= 0.3 is 6.03 Å². The molecule has 0 bridgehead atoms. The summed E-state index contributed by atoms with van der Waals surface area (Å²) in [6.45, 7) is 4.91. The smallest absolute Gasteiger partial charge is 0.319 e. The molecule has 1 aromatic heterocycles. The number of amides is 2. The molecule has 0 aliphatic carbocycles. The average molecular weight is 276 g/mol. The van der Waals surface area contributed by atoms with Crippen LogP contribution < -0.4 is 15.5 Å². The molecule has 2 rings (SSSR count). The number of anilines is 2. The fourth-order valence-corrected chi connectivity index (χ4v) is 2.42. The second kappa shape index (κ2) is 7.72. The molecule has 0 atom stereocenters. The number of carbonyl (C=O) groups is 1. The highest BCUT2D eigenvalue weighted by molar-refractivity contribution is 5.92. The number of urea groups is 1. The Bertz CT molecular complexity index is 430. The Morgan fingerprint density at radius 3 is 2.90 bits per heavy atom. The lowest BCUT2D eigenvalue weighted by atomic mass is 10.2. The molecule has 1 fully saturated rings. The zero-order valence-corrected chi connectivity index (χ0v) is 12.2. The van der Waals surface area contributed by atoms with Crippen LogP contribution in [0.1, 0.15) is 39.0 Å². The first-order chi connectivity index (χ1) is 9.81. The molecule has 1 aliphatic heterocycles. The lowest BCUT2D eigenvalue weighted by Gasteiger charge is -2.20. The highest BCUT2D eigenvalue weighted by atomic mass is 16.2. The number of pyridine rings is 1. The van der Waals surface area contributed by atoms with E-state index in [2.05, 4.69) is 27.4 Å². The van der Waals surface area contributed by atoms with Gasteiger partial charge < -0.3 is 15.5 Å². The van der Waals surface area contributed by atoms with Crippen molar-refractivity contribution in [2.75, 3.05) is 29.9 Å². The van der Waals surface area contributed by atoms with Gasteiger partial charge in [-0.1, -0.05) is 19.8 Å². The Morgan fingerprint density at radius 1 is 1.35 bits per heavy atom. The number of aromatic nitrogens is 1. The largest absolute Gasteiger partial charge is 0.355 e. The predicted octanol–water partition coefficient (Wildman–Crippen LogP) is 2.99. The Balaban J connectivity index is 1.89. The summed E-state index contributed by atoms with van der Waals surface area (Å²) >= 11 is 0.